The predicted molar refractivity (Wildman–Crippen MR) is 83.1 cm³/mol. The Kier molecular flexibility index (Phi) is 4.33. The summed E-state index contributed by atoms with van der Waals surface area (Å²) < 4.78 is 32.5. The van der Waals surface area contributed by atoms with Crippen molar-refractivity contribution in [2.24, 2.45) is 5.41 Å². The minimum absolute atomic E-state index is 0.00504. The lowest BCUT2D eigenvalue weighted by Crippen LogP contribution is -2.51. The van der Waals surface area contributed by atoms with Gasteiger partial charge >= 0.3 is 0 Å². The van der Waals surface area contributed by atoms with Crippen LogP contribution in [0.25, 0.3) is 0 Å². The normalized spacial score (nSPS) is 22.3. The molecule has 2 aliphatic heterocycles. The lowest BCUT2D eigenvalue weighted by molar-refractivity contribution is -0.0871. The van der Waals surface area contributed by atoms with Gasteiger partial charge in [-0.25, -0.2) is 23.1 Å². The van der Waals surface area contributed by atoms with Crippen LogP contribution in [0.4, 0.5) is 5.95 Å². The molecule has 2 saturated heterocycles. The molecule has 0 atom stereocenters. The molecule has 1 aromatic heterocycles. The van der Waals surface area contributed by atoms with E-state index in [2.05, 4.69) is 19.6 Å². The van der Waals surface area contributed by atoms with Gasteiger partial charge in [0.05, 0.1) is 19.0 Å². The summed E-state index contributed by atoms with van der Waals surface area (Å²) in [4.78, 5) is 10.6. The van der Waals surface area contributed by atoms with E-state index in [1.54, 1.807) is 18.5 Å². The number of anilines is 1. The van der Waals surface area contributed by atoms with Crippen LogP contribution in [0.1, 0.15) is 19.8 Å². The van der Waals surface area contributed by atoms with Gasteiger partial charge in [0.1, 0.15) is 0 Å². The van der Waals surface area contributed by atoms with Crippen LogP contribution in [0.2, 0.25) is 0 Å². The fraction of sp³-hybridized carbons (Fsp3) is 0.714. The van der Waals surface area contributed by atoms with E-state index in [4.69, 9.17) is 4.74 Å². The van der Waals surface area contributed by atoms with E-state index in [-0.39, 0.29) is 17.2 Å². The molecule has 0 amide bonds. The molecule has 22 heavy (non-hydrogen) atoms. The van der Waals surface area contributed by atoms with Crippen molar-refractivity contribution < 1.29 is 13.2 Å². The van der Waals surface area contributed by atoms with Gasteiger partial charge in [0.25, 0.3) is 0 Å². The maximum Gasteiger partial charge on any atom is 0.225 e. The molecule has 3 heterocycles. The van der Waals surface area contributed by atoms with E-state index in [9.17, 15) is 8.42 Å². The SMILES string of the molecule is CC1(CS(=O)(=O)NC2CCN(c3ncccn3)CC2)COC1. The van der Waals surface area contributed by atoms with Crippen molar-refractivity contribution in [3.8, 4) is 0 Å². The molecule has 0 saturated carbocycles. The van der Waals surface area contributed by atoms with Crippen LogP contribution in [0.5, 0.6) is 0 Å². The van der Waals surface area contributed by atoms with Gasteiger partial charge in [-0.05, 0) is 18.9 Å². The summed E-state index contributed by atoms with van der Waals surface area (Å²) in [6.45, 7) is 4.52. The molecule has 3 rings (SSSR count). The second-order valence-electron chi connectivity index (χ2n) is 6.49. The van der Waals surface area contributed by atoms with Crippen LogP contribution < -0.4 is 9.62 Å². The molecule has 0 radical (unpaired) electrons. The van der Waals surface area contributed by atoms with E-state index >= 15 is 0 Å². The number of nitrogens with one attached hydrogen (secondary N) is 1. The molecule has 122 valence electrons. The van der Waals surface area contributed by atoms with Gasteiger partial charge in [-0.2, -0.15) is 0 Å². The van der Waals surface area contributed by atoms with Gasteiger partial charge in [-0.3, -0.25) is 0 Å². The highest BCUT2D eigenvalue weighted by Gasteiger charge is 2.38. The number of aromatic nitrogens is 2. The summed E-state index contributed by atoms with van der Waals surface area (Å²) >= 11 is 0. The van der Waals surface area contributed by atoms with Crippen LogP contribution in [-0.4, -0.2) is 56.5 Å². The Morgan fingerprint density at radius 2 is 1.95 bits per heavy atom. The zero-order chi connectivity index (χ0) is 15.6. The van der Waals surface area contributed by atoms with Crippen molar-refractivity contribution in [3.63, 3.8) is 0 Å². The summed E-state index contributed by atoms with van der Waals surface area (Å²) in [7, 11) is -3.26. The summed E-state index contributed by atoms with van der Waals surface area (Å²) in [5.74, 6) is 0.852. The fourth-order valence-electron chi connectivity index (χ4n) is 2.94. The molecule has 0 unspecified atom stereocenters. The number of piperidine rings is 1. The van der Waals surface area contributed by atoms with Gasteiger partial charge in [0.2, 0.25) is 16.0 Å². The zero-order valence-corrected chi connectivity index (χ0v) is 13.6. The Hall–Kier alpha value is -1.25. The quantitative estimate of drug-likeness (QED) is 0.843. The minimum Gasteiger partial charge on any atom is -0.380 e. The van der Waals surface area contributed by atoms with Crippen molar-refractivity contribution in [1.82, 2.24) is 14.7 Å². The fourth-order valence-corrected chi connectivity index (χ4v) is 4.85. The van der Waals surface area contributed by atoms with Crippen molar-refractivity contribution in [1.29, 1.82) is 0 Å². The number of sulfonamides is 1. The molecule has 0 spiro atoms. The van der Waals surface area contributed by atoms with E-state index < -0.39 is 10.0 Å². The molecule has 8 heteroatoms. The van der Waals surface area contributed by atoms with Gasteiger partial charge in [0.15, 0.2) is 0 Å². The van der Waals surface area contributed by atoms with Crippen LogP contribution in [0.3, 0.4) is 0 Å². The van der Waals surface area contributed by atoms with Crippen LogP contribution in [0, 0.1) is 5.41 Å². The van der Waals surface area contributed by atoms with E-state index in [1.807, 2.05) is 6.92 Å². The number of ether oxygens (including phenoxy) is 1. The smallest absolute Gasteiger partial charge is 0.225 e. The average Bonchev–Trinajstić information content (AvgIpc) is 2.46. The molecule has 0 aromatic carbocycles. The highest BCUT2D eigenvalue weighted by Crippen LogP contribution is 2.28. The maximum atomic E-state index is 12.3. The van der Waals surface area contributed by atoms with Crippen molar-refractivity contribution in [3.05, 3.63) is 18.5 Å². The molecule has 1 aromatic rings. The molecule has 2 fully saturated rings. The number of hydrogen-bond acceptors (Lipinski definition) is 6. The van der Waals surface area contributed by atoms with Crippen molar-refractivity contribution >= 4 is 16.0 Å². The molecule has 0 bridgehead atoms. The molecule has 1 N–H and O–H groups in total. The number of nitrogens with zero attached hydrogens (tertiary/aromatic N) is 3. The summed E-state index contributed by atoms with van der Waals surface area (Å²) in [5, 5.41) is 0. The topological polar surface area (TPSA) is 84.4 Å². The molecule has 0 aliphatic carbocycles. The molecular weight excluding hydrogens is 304 g/mol. The van der Waals surface area contributed by atoms with Gasteiger partial charge < -0.3 is 9.64 Å². The Labute approximate surface area is 131 Å². The van der Waals surface area contributed by atoms with Crippen LogP contribution in [0.15, 0.2) is 18.5 Å². The Balaban J connectivity index is 1.51. The Morgan fingerprint density at radius 1 is 1.32 bits per heavy atom. The summed E-state index contributed by atoms with van der Waals surface area (Å²) in [5.41, 5.74) is -0.232. The van der Waals surface area contributed by atoms with Gasteiger partial charge in [-0.15, -0.1) is 0 Å². The van der Waals surface area contributed by atoms with Gasteiger partial charge in [-0.1, -0.05) is 6.92 Å². The highest BCUT2D eigenvalue weighted by atomic mass is 32.2. The largest absolute Gasteiger partial charge is 0.380 e. The first-order valence-corrected chi connectivity index (χ1v) is 9.21. The average molecular weight is 326 g/mol. The first kappa shape index (κ1) is 15.6. The lowest BCUT2D eigenvalue weighted by atomic mass is 9.92. The Bertz CT molecular complexity index is 596. The monoisotopic (exact) mass is 326 g/mol. The first-order chi connectivity index (χ1) is 10.5. The summed E-state index contributed by atoms with van der Waals surface area (Å²) in [6, 6.07) is 1.78. The summed E-state index contributed by atoms with van der Waals surface area (Å²) in [6.07, 6.45) is 4.98. The molecular formula is C14H22N4O3S. The predicted octanol–water partition coefficient (Wildman–Crippen LogP) is 0.401. The third kappa shape index (κ3) is 3.74. The zero-order valence-electron chi connectivity index (χ0n) is 12.7. The third-order valence-corrected chi connectivity index (χ3v) is 5.89. The van der Waals surface area contributed by atoms with E-state index in [0.29, 0.717) is 19.2 Å². The highest BCUT2D eigenvalue weighted by molar-refractivity contribution is 7.89. The van der Waals surface area contributed by atoms with Crippen molar-refractivity contribution in [2.75, 3.05) is 37.0 Å². The standard InChI is InChI=1S/C14H22N4O3S/c1-14(9-21-10-14)11-22(19,20)17-12-3-7-18(8-4-12)13-15-5-2-6-16-13/h2,5-6,12,17H,3-4,7-11H2,1H3. The Morgan fingerprint density at radius 3 is 2.50 bits per heavy atom. The van der Waals surface area contributed by atoms with Gasteiger partial charge in [0, 0.05) is 36.9 Å². The molecule has 7 nitrogen and oxygen atoms in total. The number of rotatable bonds is 5. The van der Waals surface area contributed by atoms with E-state index in [1.165, 1.54) is 0 Å². The number of hydrogen-bond donors (Lipinski definition) is 1. The van der Waals surface area contributed by atoms with E-state index in [0.717, 1.165) is 25.9 Å². The van der Waals surface area contributed by atoms with Crippen LogP contribution >= 0.6 is 0 Å². The van der Waals surface area contributed by atoms with Crippen molar-refractivity contribution in [2.45, 2.75) is 25.8 Å². The lowest BCUT2D eigenvalue weighted by Gasteiger charge is -2.38. The minimum atomic E-state index is -3.26. The second kappa shape index (κ2) is 6.10. The third-order valence-electron chi connectivity index (χ3n) is 4.12. The maximum absolute atomic E-state index is 12.3. The first-order valence-electron chi connectivity index (χ1n) is 7.56. The molecule has 2 aliphatic rings. The van der Waals surface area contributed by atoms with Crippen LogP contribution in [-0.2, 0) is 14.8 Å². The second-order valence-corrected chi connectivity index (χ2v) is 8.24.